The Bertz CT molecular complexity index is 303. The Hall–Kier alpha value is -0.870. The summed E-state index contributed by atoms with van der Waals surface area (Å²) in [4.78, 5) is 12.0. The van der Waals surface area contributed by atoms with Crippen LogP contribution >= 0.6 is 11.3 Å². The maximum atomic E-state index is 11.3. The van der Waals surface area contributed by atoms with Crippen LogP contribution in [-0.4, -0.2) is 18.2 Å². The third-order valence-corrected chi connectivity index (χ3v) is 3.51. The lowest BCUT2D eigenvalue weighted by Crippen LogP contribution is -2.35. The second-order valence-corrected chi connectivity index (χ2v) is 4.32. The van der Waals surface area contributed by atoms with Crippen LogP contribution in [0.5, 0.6) is 0 Å². The van der Waals surface area contributed by atoms with Crippen molar-refractivity contribution >= 4 is 17.3 Å². The van der Waals surface area contributed by atoms with E-state index in [0.717, 1.165) is 4.88 Å². The van der Waals surface area contributed by atoms with E-state index in [9.17, 15) is 9.90 Å². The van der Waals surface area contributed by atoms with Gasteiger partial charge in [-0.15, -0.1) is 11.3 Å². The predicted molar refractivity (Wildman–Crippen MR) is 55.1 cm³/mol. The van der Waals surface area contributed by atoms with E-state index in [1.807, 2.05) is 17.5 Å². The molecule has 0 aliphatic heterocycles. The fourth-order valence-corrected chi connectivity index (χ4v) is 2.06. The van der Waals surface area contributed by atoms with Gasteiger partial charge in [-0.05, 0) is 25.3 Å². The summed E-state index contributed by atoms with van der Waals surface area (Å²) in [5, 5.41) is 12.0. The Labute approximate surface area is 87.3 Å². The number of aliphatic hydroxyl groups is 1. The lowest BCUT2D eigenvalue weighted by molar-refractivity contribution is -0.154. The van der Waals surface area contributed by atoms with Crippen LogP contribution in [0.4, 0.5) is 0 Å². The highest BCUT2D eigenvalue weighted by molar-refractivity contribution is 7.10. The summed E-state index contributed by atoms with van der Waals surface area (Å²) in [5.74, 6) is -0.963. The molecule has 14 heavy (non-hydrogen) atoms. The van der Waals surface area contributed by atoms with Crippen molar-refractivity contribution in [2.45, 2.75) is 19.4 Å². The molecular formula is C10H14O3S. The highest BCUT2D eigenvalue weighted by Gasteiger charge is 2.36. The molecule has 0 saturated heterocycles. The van der Waals surface area contributed by atoms with Gasteiger partial charge >= 0.3 is 5.97 Å². The number of carbonyl (C=O) groups is 1. The van der Waals surface area contributed by atoms with Crippen LogP contribution in [0, 0.1) is 5.92 Å². The van der Waals surface area contributed by atoms with Crippen LogP contribution in [0.25, 0.3) is 0 Å². The van der Waals surface area contributed by atoms with Crippen LogP contribution in [-0.2, 0) is 15.1 Å². The van der Waals surface area contributed by atoms with Gasteiger partial charge in [0.1, 0.15) is 5.60 Å². The molecule has 0 saturated carbocycles. The van der Waals surface area contributed by atoms with E-state index in [0.29, 0.717) is 0 Å². The monoisotopic (exact) mass is 214 g/mol. The minimum atomic E-state index is -1.15. The molecule has 1 N–H and O–H groups in total. The van der Waals surface area contributed by atoms with Crippen LogP contribution in [0.2, 0.25) is 0 Å². The minimum Gasteiger partial charge on any atom is -0.469 e. The van der Waals surface area contributed by atoms with Gasteiger partial charge in [0.25, 0.3) is 0 Å². The van der Waals surface area contributed by atoms with Gasteiger partial charge < -0.3 is 9.84 Å². The van der Waals surface area contributed by atoms with Gasteiger partial charge in [-0.2, -0.15) is 0 Å². The Kier molecular flexibility index (Phi) is 3.29. The van der Waals surface area contributed by atoms with Gasteiger partial charge in [-0.3, -0.25) is 4.79 Å². The molecule has 78 valence electrons. The molecule has 0 fully saturated rings. The zero-order valence-corrected chi connectivity index (χ0v) is 9.30. The number of carbonyl (C=O) groups excluding carboxylic acids is 1. The summed E-state index contributed by atoms with van der Waals surface area (Å²) in [6.45, 7) is 3.28. The zero-order chi connectivity index (χ0) is 10.8. The van der Waals surface area contributed by atoms with E-state index in [1.54, 1.807) is 13.8 Å². The second-order valence-electron chi connectivity index (χ2n) is 3.37. The lowest BCUT2D eigenvalue weighted by Gasteiger charge is -2.27. The van der Waals surface area contributed by atoms with Crippen molar-refractivity contribution in [2.24, 2.45) is 5.92 Å². The van der Waals surface area contributed by atoms with Crippen molar-refractivity contribution in [3.05, 3.63) is 22.4 Å². The molecule has 0 aromatic carbocycles. The fourth-order valence-electron chi connectivity index (χ4n) is 1.19. The van der Waals surface area contributed by atoms with Crippen molar-refractivity contribution < 1.29 is 14.6 Å². The molecule has 1 heterocycles. The van der Waals surface area contributed by atoms with E-state index in [4.69, 9.17) is 0 Å². The molecule has 1 rings (SSSR count). The van der Waals surface area contributed by atoms with Crippen LogP contribution < -0.4 is 0 Å². The number of ether oxygens (including phenoxy) is 1. The molecule has 0 unspecified atom stereocenters. The molecule has 0 aliphatic rings. The van der Waals surface area contributed by atoms with Gasteiger partial charge in [-0.25, -0.2) is 0 Å². The van der Waals surface area contributed by atoms with E-state index < -0.39 is 17.5 Å². The number of rotatable bonds is 3. The smallest absolute Gasteiger partial charge is 0.311 e. The summed E-state index contributed by atoms with van der Waals surface area (Å²) in [7, 11) is 1.32. The van der Waals surface area contributed by atoms with E-state index >= 15 is 0 Å². The van der Waals surface area contributed by atoms with Crippen LogP contribution in [0.1, 0.15) is 18.7 Å². The van der Waals surface area contributed by atoms with Gasteiger partial charge in [0.2, 0.25) is 0 Å². The molecule has 3 nitrogen and oxygen atoms in total. The highest BCUT2D eigenvalue weighted by Crippen LogP contribution is 2.32. The van der Waals surface area contributed by atoms with Crippen molar-refractivity contribution in [2.75, 3.05) is 7.11 Å². The topological polar surface area (TPSA) is 46.5 Å². The SMILES string of the molecule is COC(=O)[C@H](C)[C@](C)(O)c1cccs1. The Morgan fingerprint density at radius 1 is 1.71 bits per heavy atom. The third-order valence-electron chi connectivity index (χ3n) is 2.42. The average molecular weight is 214 g/mol. The first-order valence-electron chi connectivity index (χ1n) is 4.34. The quantitative estimate of drug-likeness (QED) is 0.780. The molecular weight excluding hydrogens is 200 g/mol. The van der Waals surface area contributed by atoms with Crippen LogP contribution in [0.15, 0.2) is 17.5 Å². The van der Waals surface area contributed by atoms with E-state index in [2.05, 4.69) is 4.74 Å². The van der Waals surface area contributed by atoms with Crippen molar-refractivity contribution in [1.29, 1.82) is 0 Å². The lowest BCUT2D eigenvalue weighted by atomic mass is 9.89. The highest BCUT2D eigenvalue weighted by atomic mass is 32.1. The molecule has 4 heteroatoms. The fraction of sp³-hybridized carbons (Fsp3) is 0.500. The van der Waals surface area contributed by atoms with Gasteiger partial charge in [0.15, 0.2) is 0 Å². The van der Waals surface area contributed by atoms with Crippen molar-refractivity contribution in [3.63, 3.8) is 0 Å². The summed E-state index contributed by atoms with van der Waals surface area (Å²) in [6, 6.07) is 3.66. The summed E-state index contributed by atoms with van der Waals surface area (Å²) in [5.41, 5.74) is -1.15. The average Bonchev–Trinajstić information content (AvgIpc) is 2.68. The third kappa shape index (κ3) is 1.96. The first kappa shape index (κ1) is 11.2. The molecule has 0 amide bonds. The zero-order valence-electron chi connectivity index (χ0n) is 8.48. The first-order chi connectivity index (χ1) is 6.50. The van der Waals surface area contributed by atoms with Gasteiger partial charge in [-0.1, -0.05) is 6.07 Å². The van der Waals surface area contributed by atoms with Crippen molar-refractivity contribution in [3.8, 4) is 0 Å². The molecule has 1 aromatic rings. The number of hydrogen-bond acceptors (Lipinski definition) is 4. The largest absolute Gasteiger partial charge is 0.469 e. The molecule has 0 bridgehead atoms. The maximum absolute atomic E-state index is 11.3. The molecule has 1 aromatic heterocycles. The predicted octanol–water partition coefficient (Wildman–Crippen LogP) is 1.76. The molecule has 0 spiro atoms. The Morgan fingerprint density at radius 3 is 2.79 bits per heavy atom. The van der Waals surface area contributed by atoms with Crippen LogP contribution in [0.3, 0.4) is 0 Å². The summed E-state index contributed by atoms with van der Waals surface area (Å²) < 4.78 is 4.60. The number of methoxy groups -OCH3 is 1. The maximum Gasteiger partial charge on any atom is 0.311 e. The van der Waals surface area contributed by atoms with E-state index in [1.165, 1.54) is 18.4 Å². The number of thiophene rings is 1. The molecule has 0 radical (unpaired) electrons. The summed E-state index contributed by atoms with van der Waals surface area (Å²) in [6.07, 6.45) is 0. The number of hydrogen-bond donors (Lipinski definition) is 1. The van der Waals surface area contributed by atoms with Gasteiger partial charge in [0.05, 0.1) is 13.0 Å². The summed E-state index contributed by atoms with van der Waals surface area (Å²) >= 11 is 1.43. The Morgan fingerprint density at radius 2 is 2.36 bits per heavy atom. The van der Waals surface area contributed by atoms with Crippen molar-refractivity contribution in [1.82, 2.24) is 0 Å². The minimum absolute atomic E-state index is 0.400. The Balaban J connectivity index is 2.90. The second kappa shape index (κ2) is 4.11. The standard InChI is InChI=1S/C10H14O3S/c1-7(9(11)13-3)10(2,12)8-5-4-6-14-8/h4-7,12H,1-3H3/t7-,10-/m0/s1. The van der Waals surface area contributed by atoms with Gasteiger partial charge in [0, 0.05) is 4.88 Å². The molecule has 0 aliphatic carbocycles. The first-order valence-corrected chi connectivity index (χ1v) is 5.22. The van der Waals surface area contributed by atoms with E-state index in [-0.39, 0.29) is 0 Å². The molecule has 2 atom stereocenters. The number of esters is 1. The normalized spacial score (nSPS) is 17.1.